The molecule has 0 aliphatic carbocycles. The zero-order chi connectivity index (χ0) is 20.9. The molecule has 0 radical (unpaired) electrons. The number of hydrogen-bond donors (Lipinski definition) is 2. The van der Waals surface area contributed by atoms with Crippen LogP contribution in [0.3, 0.4) is 0 Å². The van der Waals surface area contributed by atoms with Crippen LogP contribution in [0.5, 0.6) is 11.5 Å². The van der Waals surface area contributed by atoms with Gasteiger partial charge in [-0.3, -0.25) is 0 Å². The summed E-state index contributed by atoms with van der Waals surface area (Å²) in [6.45, 7) is 0.378. The van der Waals surface area contributed by atoms with Gasteiger partial charge >= 0.3 is 0 Å². The molecule has 0 saturated heterocycles. The van der Waals surface area contributed by atoms with E-state index in [9.17, 15) is 9.90 Å². The summed E-state index contributed by atoms with van der Waals surface area (Å²) in [5.74, 6) is 0.602. The first-order chi connectivity index (χ1) is 13.3. The molecule has 0 fully saturated rings. The normalized spacial score (nSPS) is 8.93. The molecule has 0 aliphatic heterocycles. The number of carboxylic acid groups (broad SMARTS) is 1. The number of carbonyl (C=O) groups excluding carboxylic acids is 1. The van der Waals surface area contributed by atoms with Gasteiger partial charge in [0.2, 0.25) is 12.4 Å². The first kappa shape index (κ1) is 25.9. The number of halogens is 1. The highest BCUT2D eigenvalue weighted by molar-refractivity contribution is 5.61. The Bertz CT molecular complexity index is 785. The van der Waals surface area contributed by atoms with E-state index in [1.807, 2.05) is 56.8 Å². The van der Waals surface area contributed by atoms with Crippen LogP contribution in [0.2, 0.25) is 0 Å². The highest BCUT2D eigenvalue weighted by Crippen LogP contribution is 2.01. The Morgan fingerprint density at radius 3 is 1.66 bits per heavy atom. The van der Waals surface area contributed by atoms with E-state index in [1.165, 1.54) is 7.05 Å². The number of amides is 1. The molecule has 0 spiro atoms. The van der Waals surface area contributed by atoms with E-state index in [0.717, 1.165) is 10.5 Å². The van der Waals surface area contributed by atoms with Crippen LogP contribution in [-0.2, 0) is 20.6 Å². The maximum absolute atomic E-state index is 10.3. The molecule has 3 aromatic rings. The van der Waals surface area contributed by atoms with Crippen molar-refractivity contribution in [2.24, 2.45) is 14.1 Å². The van der Waals surface area contributed by atoms with Gasteiger partial charge in [0.25, 0.3) is 0 Å². The van der Waals surface area contributed by atoms with Crippen LogP contribution in [0.1, 0.15) is 5.56 Å². The Labute approximate surface area is 181 Å². The fraction of sp³-hybridized carbons (Fsp3) is 0.190. The zero-order valence-corrected chi connectivity index (χ0v) is 18.2. The van der Waals surface area contributed by atoms with Gasteiger partial charge in [-0.05, 0) is 17.7 Å². The van der Waals surface area contributed by atoms with Crippen molar-refractivity contribution < 1.29 is 46.2 Å². The molecular formula is C21H26BrN3O4. The van der Waals surface area contributed by atoms with E-state index in [0.29, 0.717) is 18.0 Å². The lowest BCUT2D eigenvalue weighted by molar-refractivity contribution is -0.671. The second-order valence-electron chi connectivity index (χ2n) is 6.06. The van der Waals surface area contributed by atoms with E-state index < -0.39 is 6.09 Å². The topological polar surface area (TPSA) is 91.6 Å². The monoisotopic (exact) mass is 463 g/mol. The maximum Gasteiger partial charge on any atom is 0.210 e. The lowest BCUT2D eigenvalue weighted by Gasteiger charge is -2.19. The molecule has 1 amide bonds. The summed E-state index contributed by atoms with van der Waals surface area (Å²) in [4.78, 5) is 11.5. The fourth-order valence-electron chi connectivity index (χ4n) is 2.07. The van der Waals surface area contributed by atoms with Crippen molar-refractivity contribution in [2.75, 3.05) is 7.05 Å². The van der Waals surface area contributed by atoms with Crippen LogP contribution >= 0.6 is 0 Å². The largest absolute Gasteiger partial charge is 1.00 e. The van der Waals surface area contributed by atoms with Crippen LogP contribution < -0.4 is 31.2 Å². The summed E-state index contributed by atoms with van der Waals surface area (Å²) < 4.78 is 3.57. The SMILES string of the molecule is CN(Cc1ccccc1)C(=O)[O-].C[n+]1cccc(O)c1.C[n+]1cccc(O)c1.[Br-]. The van der Waals surface area contributed by atoms with Crippen LogP contribution in [0.15, 0.2) is 79.4 Å². The van der Waals surface area contributed by atoms with E-state index in [4.69, 9.17) is 10.2 Å². The Hall–Kier alpha value is -3.13. The third-order valence-electron chi connectivity index (χ3n) is 3.42. The van der Waals surface area contributed by atoms with Crippen molar-refractivity contribution in [3.05, 3.63) is 84.9 Å². The van der Waals surface area contributed by atoms with Gasteiger partial charge in [-0.1, -0.05) is 30.3 Å². The lowest BCUT2D eigenvalue weighted by atomic mass is 10.2. The summed E-state index contributed by atoms with van der Waals surface area (Å²) in [5.41, 5.74) is 0.962. The zero-order valence-electron chi connectivity index (χ0n) is 16.6. The van der Waals surface area contributed by atoms with Gasteiger partial charge in [-0.15, -0.1) is 0 Å². The van der Waals surface area contributed by atoms with Gasteiger partial charge in [0.05, 0.1) is 0 Å². The van der Waals surface area contributed by atoms with Gasteiger partial charge in [0, 0.05) is 25.7 Å². The van der Waals surface area contributed by atoms with Gasteiger partial charge in [0.1, 0.15) is 20.2 Å². The number of rotatable bonds is 2. The molecule has 1 aromatic carbocycles. The highest BCUT2D eigenvalue weighted by Gasteiger charge is 1.97. The Kier molecular flexibility index (Phi) is 12.4. The number of carbonyl (C=O) groups is 1. The van der Waals surface area contributed by atoms with Crippen LogP contribution in [-0.4, -0.2) is 28.3 Å². The van der Waals surface area contributed by atoms with E-state index in [1.54, 1.807) is 45.8 Å². The average Bonchev–Trinajstić information content (AvgIpc) is 2.63. The van der Waals surface area contributed by atoms with Gasteiger partial charge in [-0.2, -0.15) is 0 Å². The maximum atomic E-state index is 10.3. The smallest absolute Gasteiger partial charge is 0.210 e. The molecule has 0 atom stereocenters. The predicted octanol–water partition coefficient (Wildman–Crippen LogP) is -2.10. The number of nitrogens with zero attached hydrogens (tertiary/aromatic N) is 3. The van der Waals surface area contributed by atoms with E-state index in [-0.39, 0.29) is 17.0 Å². The van der Waals surface area contributed by atoms with Gasteiger partial charge in [0.15, 0.2) is 23.9 Å². The molecule has 0 aliphatic rings. The summed E-state index contributed by atoms with van der Waals surface area (Å²) in [5, 5.41) is 27.9. The number of pyridine rings is 2. The summed E-state index contributed by atoms with van der Waals surface area (Å²) in [6.07, 6.45) is 5.85. The highest BCUT2D eigenvalue weighted by atomic mass is 79.9. The molecule has 2 N–H and O–H groups in total. The van der Waals surface area contributed by atoms with E-state index in [2.05, 4.69) is 0 Å². The number of aromatic hydroxyl groups is 2. The van der Waals surface area contributed by atoms with Crippen molar-refractivity contribution in [1.82, 2.24) is 4.90 Å². The lowest BCUT2D eigenvalue weighted by Crippen LogP contribution is -3.00. The first-order valence-corrected chi connectivity index (χ1v) is 8.52. The van der Waals surface area contributed by atoms with Crippen molar-refractivity contribution in [1.29, 1.82) is 0 Å². The third kappa shape index (κ3) is 12.0. The predicted molar refractivity (Wildman–Crippen MR) is 102 cm³/mol. The molecule has 0 saturated carbocycles. The molecule has 2 aromatic heterocycles. The molecule has 29 heavy (non-hydrogen) atoms. The van der Waals surface area contributed by atoms with Crippen molar-refractivity contribution in [3.8, 4) is 11.5 Å². The van der Waals surface area contributed by atoms with Crippen molar-refractivity contribution >= 4 is 6.09 Å². The van der Waals surface area contributed by atoms with Crippen LogP contribution in [0, 0.1) is 0 Å². The molecule has 8 heteroatoms. The standard InChI is InChI=1S/C9H11NO2.2C6H7NO.BrH/c1-10(9(11)12)7-8-5-3-2-4-6-8;2*1-7-4-2-3-6(8)5-7;/h2-6H,7H2,1H3,(H,11,12);2*2-5H,1H3;1H. The minimum atomic E-state index is -1.15. The third-order valence-corrected chi connectivity index (χ3v) is 3.42. The molecule has 156 valence electrons. The summed E-state index contributed by atoms with van der Waals surface area (Å²) in [7, 11) is 5.21. The molecule has 7 nitrogen and oxygen atoms in total. The Balaban J connectivity index is 0.000000411. The van der Waals surface area contributed by atoms with Crippen molar-refractivity contribution in [2.45, 2.75) is 6.54 Å². The number of hydrogen-bond acceptors (Lipinski definition) is 4. The number of aromatic nitrogens is 2. The van der Waals surface area contributed by atoms with Crippen LogP contribution in [0.4, 0.5) is 4.79 Å². The Morgan fingerprint density at radius 1 is 0.897 bits per heavy atom. The summed E-state index contributed by atoms with van der Waals surface area (Å²) in [6, 6.07) is 16.2. The Morgan fingerprint density at radius 2 is 1.34 bits per heavy atom. The number of aryl methyl sites for hydroxylation is 2. The van der Waals surface area contributed by atoms with E-state index >= 15 is 0 Å². The van der Waals surface area contributed by atoms with Gasteiger partial charge < -0.3 is 42.0 Å². The molecule has 0 unspecified atom stereocenters. The average molecular weight is 464 g/mol. The molecule has 3 rings (SSSR count). The summed E-state index contributed by atoms with van der Waals surface area (Å²) >= 11 is 0. The van der Waals surface area contributed by atoms with Gasteiger partial charge in [-0.25, -0.2) is 9.13 Å². The molecule has 0 bridgehead atoms. The number of benzene rings is 1. The van der Waals surface area contributed by atoms with Crippen molar-refractivity contribution in [3.63, 3.8) is 0 Å². The quantitative estimate of drug-likeness (QED) is 0.426. The second-order valence-corrected chi connectivity index (χ2v) is 6.06. The minimum absolute atomic E-state index is 0. The van der Waals surface area contributed by atoms with Crippen LogP contribution in [0.25, 0.3) is 0 Å². The molecule has 2 heterocycles. The minimum Gasteiger partial charge on any atom is -1.00 e. The second kappa shape index (κ2) is 14.0. The fourth-order valence-corrected chi connectivity index (χ4v) is 2.07. The molecular weight excluding hydrogens is 438 g/mol. The first-order valence-electron chi connectivity index (χ1n) is 8.52.